The minimum atomic E-state index is -0.362. The van der Waals surface area contributed by atoms with Crippen LogP contribution in [0.15, 0.2) is 58.3 Å². The van der Waals surface area contributed by atoms with Crippen molar-refractivity contribution in [2.24, 2.45) is 0 Å². The van der Waals surface area contributed by atoms with Crippen molar-refractivity contribution < 1.29 is 9.72 Å². The van der Waals surface area contributed by atoms with Gasteiger partial charge in [-0.15, -0.1) is 0 Å². The molecule has 0 aliphatic carbocycles. The van der Waals surface area contributed by atoms with Crippen LogP contribution >= 0.6 is 11.8 Å². The normalized spacial score (nSPS) is 19.2. The van der Waals surface area contributed by atoms with Crippen LogP contribution in [0.2, 0.25) is 0 Å². The highest BCUT2D eigenvalue weighted by molar-refractivity contribution is 7.99. The van der Waals surface area contributed by atoms with E-state index in [1.54, 1.807) is 12.1 Å². The summed E-state index contributed by atoms with van der Waals surface area (Å²) in [5, 5.41) is 15.1. The predicted octanol–water partition coefficient (Wildman–Crippen LogP) is 5.09. The van der Waals surface area contributed by atoms with E-state index in [0.717, 1.165) is 10.5 Å². The summed E-state index contributed by atoms with van der Waals surface area (Å²) in [4.78, 5) is 27.3. The topological polar surface area (TPSA) is 75.5 Å². The van der Waals surface area contributed by atoms with Gasteiger partial charge in [0, 0.05) is 42.2 Å². The molecule has 31 heavy (non-hydrogen) atoms. The molecule has 0 radical (unpaired) electrons. The minimum Gasteiger partial charge on any atom is -0.336 e. The Labute approximate surface area is 187 Å². The molecule has 1 saturated heterocycles. The molecule has 7 heteroatoms. The summed E-state index contributed by atoms with van der Waals surface area (Å²) in [5.74, 6) is 0.249. The van der Waals surface area contributed by atoms with Crippen molar-refractivity contribution in [1.82, 2.24) is 10.2 Å². The van der Waals surface area contributed by atoms with Crippen LogP contribution < -0.4 is 5.32 Å². The lowest BCUT2D eigenvalue weighted by Crippen LogP contribution is -2.55. The van der Waals surface area contributed by atoms with Gasteiger partial charge in [0.1, 0.15) is 0 Å². The Kier molecular flexibility index (Phi) is 7.51. The summed E-state index contributed by atoms with van der Waals surface area (Å²) in [6, 6.07) is 13.6. The maximum atomic E-state index is 12.6. The Morgan fingerprint density at radius 3 is 2.48 bits per heavy atom. The van der Waals surface area contributed by atoms with Gasteiger partial charge < -0.3 is 10.2 Å². The Morgan fingerprint density at radius 2 is 1.84 bits per heavy atom. The van der Waals surface area contributed by atoms with Gasteiger partial charge in [-0.25, -0.2) is 0 Å². The first-order valence-electron chi connectivity index (χ1n) is 10.5. The zero-order valence-electron chi connectivity index (χ0n) is 18.4. The van der Waals surface area contributed by atoms with Gasteiger partial charge in [-0.05, 0) is 49.1 Å². The molecule has 0 aromatic heterocycles. The second kappa shape index (κ2) is 10.1. The quantitative estimate of drug-likeness (QED) is 0.385. The molecule has 1 fully saturated rings. The molecule has 164 valence electrons. The molecule has 2 unspecified atom stereocenters. The van der Waals surface area contributed by atoms with E-state index in [4.69, 9.17) is 0 Å². The molecule has 2 atom stereocenters. The molecular formula is C24H29N3O3S. The Hall–Kier alpha value is -2.64. The van der Waals surface area contributed by atoms with Gasteiger partial charge in [-0.3, -0.25) is 14.9 Å². The Balaban J connectivity index is 1.80. The van der Waals surface area contributed by atoms with E-state index in [1.165, 1.54) is 23.9 Å². The van der Waals surface area contributed by atoms with E-state index in [9.17, 15) is 14.9 Å². The number of carbonyl (C=O) groups is 1. The smallest absolute Gasteiger partial charge is 0.283 e. The summed E-state index contributed by atoms with van der Waals surface area (Å²) < 4.78 is 0. The number of nitrogens with zero attached hydrogens (tertiary/aromatic N) is 2. The number of nitro benzene ring substituents is 1. The minimum absolute atomic E-state index is 0.0441. The molecule has 1 aliphatic rings. The van der Waals surface area contributed by atoms with E-state index in [-0.39, 0.29) is 28.6 Å². The van der Waals surface area contributed by atoms with Crippen LogP contribution in [0.25, 0.3) is 6.08 Å². The standard InChI is InChI=1S/C24H29N3O3S/c1-16(2)20-7-5-6-8-22(20)31-23-11-9-19(13-21(23)27(29)30)10-12-24(28)26-14-17(3)25-18(4)15-26/h5-13,16-18,25H,14-15H2,1-4H3. The third-order valence-electron chi connectivity index (χ3n) is 5.23. The molecular weight excluding hydrogens is 410 g/mol. The van der Waals surface area contributed by atoms with Gasteiger partial charge in [0.05, 0.1) is 9.82 Å². The summed E-state index contributed by atoms with van der Waals surface area (Å²) in [6.45, 7) is 9.63. The van der Waals surface area contributed by atoms with Crippen LogP contribution in [0.5, 0.6) is 0 Å². The van der Waals surface area contributed by atoms with Gasteiger partial charge in [0.25, 0.3) is 5.69 Å². The number of benzene rings is 2. The van der Waals surface area contributed by atoms with Crippen LogP contribution in [0, 0.1) is 10.1 Å². The van der Waals surface area contributed by atoms with Crippen molar-refractivity contribution in [3.63, 3.8) is 0 Å². The lowest BCUT2D eigenvalue weighted by molar-refractivity contribution is -0.387. The second-order valence-corrected chi connectivity index (χ2v) is 9.41. The maximum Gasteiger partial charge on any atom is 0.283 e. The number of amides is 1. The van der Waals surface area contributed by atoms with Crippen LogP contribution in [0.4, 0.5) is 5.69 Å². The highest BCUT2D eigenvalue weighted by atomic mass is 32.2. The number of rotatable bonds is 6. The Morgan fingerprint density at radius 1 is 1.16 bits per heavy atom. The number of piperazine rings is 1. The van der Waals surface area contributed by atoms with E-state index < -0.39 is 0 Å². The van der Waals surface area contributed by atoms with Crippen molar-refractivity contribution in [2.45, 2.75) is 55.5 Å². The van der Waals surface area contributed by atoms with Crippen molar-refractivity contribution in [2.75, 3.05) is 13.1 Å². The molecule has 2 aromatic carbocycles. The summed E-state index contributed by atoms with van der Waals surface area (Å²) in [5.41, 5.74) is 1.84. The summed E-state index contributed by atoms with van der Waals surface area (Å²) >= 11 is 1.41. The first-order valence-corrected chi connectivity index (χ1v) is 11.3. The van der Waals surface area contributed by atoms with E-state index in [0.29, 0.717) is 29.5 Å². The van der Waals surface area contributed by atoms with Crippen LogP contribution in [0.1, 0.15) is 44.7 Å². The van der Waals surface area contributed by atoms with Crippen LogP contribution in [0.3, 0.4) is 0 Å². The molecule has 0 saturated carbocycles. The molecule has 0 bridgehead atoms. The third kappa shape index (κ3) is 5.95. The van der Waals surface area contributed by atoms with Gasteiger partial charge in [-0.1, -0.05) is 49.9 Å². The molecule has 1 amide bonds. The summed E-state index contributed by atoms with van der Waals surface area (Å²) in [7, 11) is 0. The lowest BCUT2D eigenvalue weighted by atomic mass is 10.0. The van der Waals surface area contributed by atoms with Crippen molar-refractivity contribution in [1.29, 1.82) is 0 Å². The molecule has 2 aromatic rings. The number of nitrogens with one attached hydrogen (secondary N) is 1. The second-order valence-electron chi connectivity index (χ2n) is 8.32. The fourth-order valence-electron chi connectivity index (χ4n) is 3.82. The molecule has 1 N–H and O–H groups in total. The van der Waals surface area contributed by atoms with Gasteiger partial charge in [0.2, 0.25) is 5.91 Å². The molecule has 3 rings (SSSR count). The Bertz CT molecular complexity index is 980. The van der Waals surface area contributed by atoms with Crippen molar-refractivity contribution in [3.05, 3.63) is 69.8 Å². The van der Waals surface area contributed by atoms with Crippen LogP contribution in [-0.2, 0) is 4.79 Å². The van der Waals surface area contributed by atoms with Gasteiger partial charge in [-0.2, -0.15) is 0 Å². The number of carbonyl (C=O) groups excluding carboxylic acids is 1. The van der Waals surface area contributed by atoms with E-state index in [1.807, 2.05) is 29.2 Å². The molecule has 1 heterocycles. The van der Waals surface area contributed by atoms with Gasteiger partial charge in [0.15, 0.2) is 0 Å². The number of nitro groups is 1. The highest BCUT2D eigenvalue weighted by Crippen LogP contribution is 2.39. The largest absolute Gasteiger partial charge is 0.336 e. The lowest BCUT2D eigenvalue weighted by Gasteiger charge is -2.35. The predicted molar refractivity (Wildman–Crippen MR) is 125 cm³/mol. The van der Waals surface area contributed by atoms with Crippen molar-refractivity contribution in [3.8, 4) is 0 Å². The molecule has 1 aliphatic heterocycles. The highest BCUT2D eigenvalue weighted by Gasteiger charge is 2.23. The first kappa shape index (κ1) is 23.0. The average molecular weight is 440 g/mol. The SMILES string of the molecule is CC1CN(C(=O)C=Cc2ccc(Sc3ccccc3C(C)C)c([N+](=O)[O-])c2)CC(C)N1. The fraction of sp³-hybridized carbons (Fsp3) is 0.375. The van der Waals surface area contributed by atoms with Crippen LogP contribution in [-0.4, -0.2) is 40.9 Å². The molecule has 0 spiro atoms. The van der Waals surface area contributed by atoms with E-state index >= 15 is 0 Å². The zero-order valence-corrected chi connectivity index (χ0v) is 19.2. The fourth-order valence-corrected chi connectivity index (χ4v) is 4.99. The first-order chi connectivity index (χ1) is 14.7. The maximum absolute atomic E-state index is 12.6. The average Bonchev–Trinajstić information content (AvgIpc) is 2.72. The number of hydrogen-bond donors (Lipinski definition) is 1. The zero-order chi connectivity index (χ0) is 22.5. The molecule has 6 nitrogen and oxygen atoms in total. The monoisotopic (exact) mass is 439 g/mol. The number of hydrogen-bond acceptors (Lipinski definition) is 5. The van der Waals surface area contributed by atoms with Crippen molar-refractivity contribution >= 4 is 29.4 Å². The van der Waals surface area contributed by atoms with E-state index in [2.05, 4.69) is 39.1 Å². The third-order valence-corrected chi connectivity index (χ3v) is 6.39. The summed E-state index contributed by atoms with van der Waals surface area (Å²) in [6.07, 6.45) is 3.16. The van der Waals surface area contributed by atoms with Gasteiger partial charge >= 0.3 is 0 Å².